The molecule has 0 unspecified atom stereocenters. The third-order valence-electron chi connectivity index (χ3n) is 3.21. The van der Waals surface area contributed by atoms with Crippen LogP contribution < -0.4 is 16.4 Å². The number of rotatable bonds is 6. The summed E-state index contributed by atoms with van der Waals surface area (Å²) >= 11 is 0. The zero-order valence-corrected chi connectivity index (χ0v) is 11.4. The molecule has 0 aliphatic carbocycles. The molecule has 2 amide bonds. The molecule has 0 atom stereocenters. The van der Waals surface area contributed by atoms with E-state index in [0.29, 0.717) is 11.3 Å². The van der Waals surface area contributed by atoms with Gasteiger partial charge in [-0.3, -0.25) is 9.59 Å². The molecule has 1 aliphatic heterocycles. The highest BCUT2D eigenvalue weighted by Crippen LogP contribution is 2.17. The summed E-state index contributed by atoms with van der Waals surface area (Å²) in [7, 11) is 0. The van der Waals surface area contributed by atoms with E-state index in [-0.39, 0.29) is 24.5 Å². The summed E-state index contributed by atoms with van der Waals surface area (Å²) in [5, 5.41) is 5.84. The van der Waals surface area contributed by atoms with Gasteiger partial charge in [0.15, 0.2) is 0 Å². The lowest BCUT2D eigenvalue weighted by molar-refractivity contribution is -0.130. The lowest BCUT2D eigenvalue weighted by Crippen LogP contribution is -2.59. The van der Waals surface area contributed by atoms with E-state index in [9.17, 15) is 9.59 Å². The Hall–Kier alpha value is -1.92. The Morgan fingerprint density at radius 1 is 1.40 bits per heavy atom. The molecule has 1 fully saturated rings. The highest BCUT2D eigenvalue weighted by Gasteiger charge is 2.33. The van der Waals surface area contributed by atoms with E-state index in [1.165, 1.54) is 0 Å². The second-order valence-corrected chi connectivity index (χ2v) is 5.19. The van der Waals surface area contributed by atoms with Crippen molar-refractivity contribution in [2.75, 3.05) is 25.0 Å². The molecule has 1 aliphatic rings. The Morgan fingerprint density at radius 2 is 2.10 bits per heavy atom. The number of primary amides is 1. The summed E-state index contributed by atoms with van der Waals surface area (Å²) in [6.07, 6.45) is 0.0962. The molecule has 4 N–H and O–H groups in total. The van der Waals surface area contributed by atoms with Gasteiger partial charge in [0.05, 0.1) is 12.0 Å². The maximum atomic E-state index is 11.9. The predicted octanol–water partition coefficient (Wildman–Crippen LogP) is 0.0314. The summed E-state index contributed by atoms with van der Waals surface area (Å²) in [6.45, 7) is 3.44. The van der Waals surface area contributed by atoms with Crippen molar-refractivity contribution in [1.82, 2.24) is 5.32 Å². The number of benzene rings is 1. The molecule has 0 bridgehead atoms. The van der Waals surface area contributed by atoms with Gasteiger partial charge < -0.3 is 21.1 Å². The van der Waals surface area contributed by atoms with Crippen LogP contribution in [0, 0.1) is 0 Å². The number of ether oxygens (including phenoxy) is 1. The molecule has 1 heterocycles. The van der Waals surface area contributed by atoms with E-state index in [4.69, 9.17) is 10.5 Å². The van der Waals surface area contributed by atoms with Crippen LogP contribution in [0.4, 0.5) is 5.69 Å². The third-order valence-corrected chi connectivity index (χ3v) is 3.21. The zero-order chi connectivity index (χ0) is 14.6. The third kappa shape index (κ3) is 3.79. The van der Waals surface area contributed by atoms with Crippen LogP contribution in [0.5, 0.6) is 0 Å². The standard InChI is InChI=1S/C14H19N3O3/c1-14(8-16-9-14)20-7-13(19)17-11-5-3-2-4-10(11)6-12(15)18/h2-5,16H,6-9H2,1H3,(H2,15,18)(H,17,19). The van der Waals surface area contributed by atoms with Gasteiger partial charge in [0.2, 0.25) is 11.8 Å². The quantitative estimate of drug-likeness (QED) is 0.684. The largest absolute Gasteiger partial charge is 0.369 e. The molecule has 1 aromatic rings. The fourth-order valence-corrected chi connectivity index (χ4v) is 1.99. The molecule has 20 heavy (non-hydrogen) atoms. The predicted molar refractivity (Wildman–Crippen MR) is 75.2 cm³/mol. The van der Waals surface area contributed by atoms with E-state index in [2.05, 4.69) is 10.6 Å². The van der Waals surface area contributed by atoms with E-state index in [0.717, 1.165) is 13.1 Å². The molecule has 2 rings (SSSR count). The Balaban J connectivity index is 1.91. The first-order valence-corrected chi connectivity index (χ1v) is 6.49. The number of hydrogen-bond donors (Lipinski definition) is 3. The normalized spacial score (nSPS) is 16.2. The number of nitrogens with one attached hydrogen (secondary N) is 2. The molecule has 1 aromatic carbocycles. The molecule has 6 nitrogen and oxygen atoms in total. The summed E-state index contributed by atoms with van der Waals surface area (Å²) in [4.78, 5) is 22.9. The van der Waals surface area contributed by atoms with Crippen LogP contribution in [0.3, 0.4) is 0 Å². The fourth-order valence-electron chi connectivity index (χ4n) is 1.99. The first-order valence-electron chi connectivity index (χ1n) is 6.49. The van der Waals surface area contributed by atoms with Gasteiger partial charge >= 0.3 is 0 Å². The Morgan fingerprint density at radius 3 is 2.70 bits per heavy atom. The fraction of sp³-hybridized carbons (Fsp3) is 0.429. The SMILES string of the molecule is CC1(OCC(=O)Nc2ccccc2CC(N)=O)CNC1. The van der Waals surface area contributed by atoms with Crippen LogP contribution in [-0.2, 0) is 20.7 Å². The maximum Gasteiger partial charge on any atom is 0.250 e. The van der Waals surface area contributed by atoms with Crippen molar-refractivity contribution in [3.63, 3.8) is 0 Å². The van der Waals surface area contributed by atoms with Gasteiger partial charge in [-0.15, -0.1) is 0 Å². The van der Waals surface area contributed by atoms with Crippen LogP contribution in [0.15, 0.2) is 24.3 Å². The summed E-state index contributed by atoms with van der Waals surface area (Å²) in [5.74, 6) is -0.675. The molecule has 0 aromatic heterocycles. The molecule has 1 saturated heterocycles. The van der Waals surface area contributed by atoms with Crippen molar-refractivity contribution in [2.24, 2.45) is 5.73 Å². The van der Waals surface area contributed by atoms with Gasteiger partial charge in [0, 0.05) is 18.8 Å². The first kappa shape index (κ1) is 14.5. The second kappa shape index (κ2) is 6.02. The number of nitrogens with two attached hydrogens (primary N) is 1. The monoisotopic (exact) mass is 277 g/mol. The number of carbonyl (C=O) groups is 2. The molecule has 108 valence electrons. The molecule has 0 saturated carbocycles. The molecule has 0 spiro atoms. The van der Waals surface area contributed by atoms with Crippen LogP contribution in [0.25, 0.3) is 0 Å². The smallest absolute Gasteiger partial charge is 0.250 e. The Bertz CT molecular complexity index is 512. The Labute approximate surface area is 117 Å². The van der Waals surface area contributed by atoms with E-state index in [1.807, 2.05) is 6.92 Å². The molecular weight excluding hydrogens is 258 g/mol. The summed E-state index contributed by atoms with van der Waals surface area (Å²) in [6, 6.07) is 7.09. The minimum Gasteiger partial charge on any atom is -0.369 e. The van der Waals surface area contributed by atoms with Gasteiger partial charge in [0.1, 0.15) is 6.61 Å². The van der Waals surface area contributed by atoms with E-state index < -0.39 is 5.91 Å². The van der Waals surface area contributed by atoms with Gasteiger partial charge in [-0.1, -0.05) is 18.2 Å². The highest BCUT2D eigenvalue weighted by atomic mass is 16.5. The van der Waals surface area contributed by atoms with Crippen molar-refractivity contribution in [2.45, 2.75) is 18.9 Å². The zero-order valence-electron chi connectivity index (χ0n) is 11.4. The average molecular weight is 277 g/mol. The minimum absolute atomic E-state index is 0.0108. The minimum atomic E-state index is -0.434. The van der Waals surface area contributed by atoms with Crippen molar-refractivity contribution in [3.8, 4) is 0 Å². The van der Waals surface area contributed by atoms with Crippen molar-refractivity contribution < 1.29 is 14.3 Å². The second-order valence-electron chi connectivity index (χ2n) is 5.19. The number of amides is 2. The first-order chi connectivity index (χ1) is 9.48. The van der Waals surface area contributed by atoms with Crippen molar-refractivity contribution >= 4 is 17.5 Å². The highest BCUT2D eigenvalue weighted by molar-refractivity contribution is 5.93. The average Bonchev–Trinajstić information content (AvgIpc) is 2.36. The lowest BCUT2D eigenvalue weighted by Gasteiger charge is -2.38. The number of para-hydroxylation sites is 1. The van der Waals surface area contributed by atoms with Crippen molar-refractivity contribution in [3.05, 3.63) is 29.8 Å². The summed E-state index contributed by atoms with van der Waals surface area (Å²) in [5.41, 5.74) is 6.22. The molecule has 0 radical (unpaired) electrons. The lowest BCUT2D eigenvalue weighted by atomic mass is 10.0. The van der Waals surface area contributed by atoms with Crippen LogP contribution >= 0.6 is 0 Å². The van der Waals surface area contributed by atoms with E-state index >= 15 is 0 Å². The van der Waals surface area contributed by atoms with Crippen LogP contribution in [-0.4, -0.2) is 37.1 Å². The number of anilines is 1. The van der Waals surface area contributed by atoms with Gasteiger partial charge in [-0.25, -0.2) is 0 Å². The van der Waals surface area contributed by atoms with Crippen LogP contribution in [0.2, 0.25) is 0 Å². The summed E-state index contributed by atoms with van der Waals surface area (Å²) < 4.78 is 5.55. The Kier molecular flexibility index (Phi) is 4.36. The van der Waals surface area contributed by atoms with Crippen molar-refractivity contribution in [1.29, 1.82) is 0 Å². The van der Waals surface area contributed by atoms with Gasteiger partial charge in [-0.2, -0.15) is 0 Å². The van der Waals surface area contributed by atoms with Gasteiger partial charge in [-0.05, 0) is 18.6 Å². The van der Waals surface area contributed by atoms with Crippen LogP contribution in [0.1, 0.15) is 12.5 Å². The molecule has 6 heteroatoms. The van der Waals surface area contributed by atoms with Gasteiger partial charge in [0.25, 0.3) is 0 Å². The maximum absolute atomic E-state index is 11.9. The number of carbonyl (C=O) groups excluding carboxylic acids is 2. The topological polar surface area (TPSA) is 93.4 Å². The molecular formula is C14H19N3O3. The van der Waals surface area contributed by atoms with E-state index in [1.54, 1.807) is 24.3 Å². The number of hydrogen-bond acceptors (Lipinski definition) is 4.